The zero-order valence-corrected chi connectivity index (χ0v) is 15.5. The van der Waals surface area contributed by atoms with E-state index in [9.17, 15) is 9.59 Å². The first-order valence-electron chi connectivity index (χ1n) is 9.09. The third-order valence-electron chi connectivity index (χ3n) is 4.76. The lowest BCUT2D eigenvalue weighted by Crippen LogP contribution is -2.30. The molecule has 2 fully saturated rings. The zero-order chi connectivity index (χ0) is 18.8. The largest absolute Gasteiger partial charge is 0.441 e. The zero-order valence-electron chi connectivity index (χ0n) is 14.8. The topological polar surface area (TPSA) is 65.8 Å². The number of amides is 3. The van der Waals surface area contributed by atoms with Crippen LogP contribution in [0, 0.1) is 0 Å². The van der Waals surface area contributed by atoms with Crippen molar-refractivity contribution in [3.8, 4) is 0 Å². The summed E-state index contributed by atoms with van der Waals surface area (Å²) < 4.78 is 5.89. The van der Waals surface area contributed by atoms with Crippen molar-refractivity contribution in [1.82, 2.24) is 5.32 Å². The molecule has 2 saturated heterocycles. The van der Waals surface area contributed by atoms with E-state index in [1.807, 2.05) is 12.1 Å². The van der Waals surface area contributed by atoms with Crippen LogP contribution in [-0.4, -0.2) is 25.0 Å². The summed E-state index contributed by atoms with van der Waals surface area (Å²) in [5, 5.41) is 3.06. The number of hydrogen-bond acceptors (Lipinski definition) is 4. The molecule has 2 aliphatic heterocycles. The summed E-state index contributed by atoms with van der Waals surface area (Å²) in [6.45, 7) is 1.95. The molecule has 3 heterocycles. The number of benzene rings is 1. The van der Waals surface area contributed by atoms with Crippen LogP contribution in [0.1, 0.15) is 31.4 Å². The molecule has 2 aliphatic rings. The molecule has 0 aliphatic carbocycles. The van der Waals surface area contributed by atoms with E-state index in [1.165, 1.54) is 12.8 Å². The van der Waals surface area contributed by atoms with Gasteiger partial charge in [-0.05, 0) is 37.1 Å². The van der Waals surface area contributed by atoms with Crippen molar-refractivity contribution in [2.24, 2.45) is 0 Å². The van der Waals surface area contributed by atoms with Crippen LogP contribution in [0.25, 0.3) is 6.08 Å². The van der Waals surface area contributed by atoms with Crippen LogP contribution in [0.4, 0.5) is 16.4 Å². The lowest BCUT2D eigenvalue weighted by molar-refractivity contribution is -0.113. The summed E-state index contributed by atoms with van der Waals surface area (Å²) in [5.41, 5.74) is 0.606. The fourth-order valence-electron chi connectivity index (χ4n) is 3.41. The number of urea groups is 1. The normalized spacial score (nSPS) is 19.5. The molecule has 140 valence electrons. The van der Waals surface area contributed by atoms with E-state index in [0.717, 1.165) is 36.7 Å². The van der Waals surface area contributed by atoms with Crippen LogP contribution < -0.4 is 15.1 Å². The number of carbonyl (C=O) groups is 2. The number of halogens is 1. The molecule has 27 heavy (non-hydrogen) atoms. The highest BCUT2D eigenvalue weighted by Gasteiger charge is 2.35. The van der Waals surface area contributed by atoms with Gasteiger partial charge >= 0.3 is 6.03 Å². The van der Waals surface area contributed by atoms with Crippen LogP contribution >= 0.6 is 11.6 Å². The lowest BCUT2D eigenvalue weighted by Gasteiger charge is -2.18. The smallest absolute Gasteiger partial charge is 0.333 e. The van der Waals surface area contributed by atoms with Crippen LogP contribution in [0.5, 0.6) is 0 Å². The maximum absolute atomic E-state index is 12.7. The van der Waals surface area contributed by atoms with Crippen LogP contribution in [0.2, 0.25) is 5.02 Å². The molecule has 6 nitrogen and oxygen atoms in total. The number of furan rings is 1. The molecular formula is C20H20ClN3O3. The summed E-state index contributed by atoms with van der Waals surface area (Å²) in [5.74, 6) is 0.896. The molecule has 1 aromatic heterocycles. The van der Waals surface area contributed by atoms with Gasteiger partial charge in [-0.2, -0.15) is 0 Å². The standard InChI is InChI=1S/C20H20ClN3O3/c21-14-6-5-7-15(12-14)24-19(25)17(22-20(24)26)13-16-8-9-18(27-16)23-10-3-1-2-4-11-23/h5-9,12-13H,1-4,10-11H2,(H,22,26)/b17-13+. The Hall–Kier alpha value is -2.73. The van der Waals surface area contributed by atoms with Crippen molar-refractivity contribution < 1.29 is 14.0 Å². The van der Waals surface area contributed by atoms with E-state index in [1.54, 1.807) is 30.3 Å². The van der Waals surface area contributed by atoms with Crippen molar-refractivity contribution in [2.45, 2.75) is 25.7 Å². The second-order valence-electron chi connectivity index (χ2n) is 6.69. The third kappa shape index (κ3) is 3.71. The second kappa shape index (κ2) is 7.48. The number of anilines is 2. The van der Waals surface area contributed by atoms with E-state index >= 15 is 0 Å². The van der Waals surface area contributed by atoms with E-state index < -0.39 is 11.9 Å². The molecule has 0 saturated carbocycles. The van der Waals surface area contributed by atoms with Gasteiger partial charge in [-0.25, -0.2) is 9.69 Å². The highest BCUT2D eigenvalue weighted by molar-refractivity contribution is 6.32. The Morgan fingerprint density at radius 2 is 1.81 bits per heavy atom. The maximum Gasteiger partial charge on any atom is 0.333 e. The van der Waals surface area contributed by atoms with Crippen molar-refractivity contribution in [3.05, 3.63) is 52.9 Å². The predicted molar refractivity (Wildman–Crippen MR) is 105 cm³/mol. The molecule has 0 bridgehead atoms. The Labute approximate surface area is 162 Å². The molecule has 2 aromatic rings. The molecule has 0 radical (unpaired) electrons. The number of rotatable bonds is 3. The van der Waals surface area contributed by atoms with Gasteiger partial charge in [-0.3, -0.25) is 4.79 Å². The Morgan fingerprint density at radius 1 is 1.04 bits per heavy atom. The number of hydrogen-bond donors (Lipinski definition) is 1. The second-order valence-corrected chi connectivity index (χ2v) is 7.12. The summed E-state index contributed by atoms with van der Waals surface area (Å²) in [4.78, 5) is 28.2. The van der Waals surface area contributed by atoms with Crippen LogP contribution in [0.3, 0.4) is 0 Å². The minimum atomic E-state index is -0.507. The fourth-order valence-corrected chi connectivity index (χ4v) is 3.59. The van der Waals surface area contributed by atoms with Crippen molar-refractivity contribution in [3.63, 3.8) is 0 Å². The monoisotopic (exact) mass is 385 g/mol. The van der Waals surface area contributed by atoms with Crippen LogP contribution in [-0.2, 0) is 4.79 Å². The molecule has 1 aromatic carbocycles. The first-order chi connectivity index (χ1) is 13.1. The Bertz CT molecular complexity index is 897. The molecular weight excluding hydrogens is 366 g/mol. The first kappa shape index (κ1) is 17.7. The lowest BCUT2D eigenvalue weighted by atomic mass is 10.2. The number of nitrogens with one attached hydrogen (secondary N) is 1. The van der Waals surface area contributed by atoms with Gasteiger partial charge in [-0.1, -0.05) is 30.5 Å². The minimum Gasteiger partial charge on any atom is -0.441 e. The number of imide groups is 1. The molecule has 3 amide bonds. The molecule has 0 atom stereocenters. The van der Waals surface area contributed by atoms with Crippen molar-refractivity contribution in [1.29, 1.82) is 0 Å². The van der Waals surface area contributed by atoms with Gasteiger partial charge in [0.25, 0.3) is 5.91 Å². The van der Waals surface area contributed by atoms with Gasteiger partial charge in [0.15, 0.2) is 5.88 Å². The number of carbonyl (C=O) groups excluding carboxylic acids is 2. The SMILES string of the molecule is O=C1N/C(=C/c2ccc(N3CCCCCC3)o2)C(=O)N1c1cccc(Cl)c1. The van der Waals surface area contributed by atoms with Gasteiger partial charge in [0.1, 0.15) is 11.5 Å². The predicted octanol–water partition coefficient (Wildman–Crippen LogP) is 4.41. The molecule has 0 spiro atoms. The molecule has 4 rings (SSSR count). The first-order valence-corrected chi connectivity index (χ1v) is 9.47. The van der Waals surface area contributed by atoms with Gasteiger partial charge < -0.3 is 14.6 Å². The average molecular weight is 386 g/mol. The van der Waals surface area contributed by atoms with Crippen LogP contribution in [0.15, 0.2) is 46.5 Å². The molecule has 1 N–H and O–H groups in total. The maximum atomic E-state index is 12.7. The quantitative estimate of drug-likeness (QED) is 0.627. The highest BCUT2D eigenvalue weighted by Crippen LogP contribution is 2.27. The fraction of sp³-hybridized carbons (Fsp3) is 0.300. The minimum absolute atomic E-state index is 0.178. The van der Waals surface area contributed by atoms with Gasteiger partial charge in [0.05, 0.1) is 5.69 Å². The van der Waals surface area contributed by atoms with Crippen molar-refractivity contribution in [2.75, 3.05) is 22.9 Å². The average Bonchev–Trinajstić information content (AvgIpc) is 3.08. The Morgan fingerprint density at radius 3 is 2.56 bits per heavy atom. The highest BCUT2D eigenvalue weighted by atomic mass is 35.5. The summed E-state index contributed by atoms with van der Waals surface area (Å²) in [6.07, 6.45) is 6.36. The molecule has 0 unspecified atom stereocenters. The van der Waals surface area contributed by atoms with E-state index in [-0.39, 0.29) is 5.70 Å². The van der Waals surface area contributed by atoms with E-state index in [2.05, 4.69) is 10.2 Å². The van der Waals surface area contributed by atoms with Crippen molar-refractivity contribution >= 4 is 41.2 Å². The molecule has 7 heteroatoms. The van der Waals surface area contributed by atoms with Gasteiger partial charge in [-0.15, -0.1) is 0 Å². The summed E-state index contributed by atoms with van der Waals surface area (Å²) in [7, 11) is 0. The third-order valence-corrected chi connectivity index (χ3v) is 5.00. The van der Waals surface area contributed by atoms with E-state index in [4.69, 9.17) is 16.0 Å². The number of nitrogens with zero attached hydrogens (tertiary/aromatic N) is 2. The van der Waals surface area contributed by atoms with E-state index in [0.29, 0.717) is 16.5 Å². The Kier molecular flexibility index (Phi) is 4.90. The summed E-state index contributed by atoms with van der Waals surface area (Å²) >= 11 is 5.97. The summed E-state index contributed by atoms with van der Waals surface area (Å²) in [6, 6.07) is 9.84. The Balaban J connectivity index is 1.54. The van der Waals surface area contributed by atoms with Gasteiger partial charge in [0, 0.05) is 30.3 Å². The van der Waals surface area contributed by atoms with Gasteiger partial charge in [0.2, 0.25) is 0 Å².